The molecule has 2 fully saturated rings. The van der Waals surface area contributed by atoms with Gasteiger partial charge in [0.1, 0.15) is 11.9 Å². The molecule has 7 heteroatoms. The highest BCUT2D eigenvalue weighted by atomic mass is 16.5. The maximum absolute atomic E-state index is 12.4. The molecule has 126 valence electrons. The number of urea groups is 1. The molecule has 0 aliphatic carbocycles. The molecular formula is C16H24N4O3. The Morgan fingerprint density at radius 3 is 2.43 bits per heavy atom. The number of piperidine rings is 1. The van der Waals surface area contributed by atoms with Gasteiger partial charge in [-0.05, 0) is 13.8 Å². The summed E-state index contributed by atoms with van der Waals surface area (Å²) in [5, 5.41) is 0. The van der Waals surface area contributed by atoms with Gasteiger partial charge in [0, 0.05) is 50.8 Å². The number of hydrogen-bond donors (Lipinski definition) is 0. The van der Waals surface area contributed by atoms with Crippen LogP contribution in [0.4, 0.5) is 4.79 Å². The second-order valence-electron chi connectivity index (χ2n) is 6.08. The third-order valence-electron chi connectivity index (χ3n) is 4.22. The topological polar surface area (TPSA) is 67.8 Å². The molecule has 2 amide bonds. The van der Waals surface area contributed by atoms with Crippen molar-refractivity contribution in [2.24, 2.45) is 0 Å². The summed E-state index contributed by atoms with van der Waals surface area (Å²) in [6.45, 7) is 7.90. The minimum atomic E-state index is 0.109. The highest BCUT2D eigenvalue weighted by Gasteiger charge is 2.28. The molecule has 2 aliphatic rings. The number of likely N-dealkylation sites (tertiary alicyclic amines) is 1. The van der Waals surface area contributed by atoms with E-state index in [9.17, 15) is 4.79 Å². The Morgan fingerprint density at radius 2 is 1.78 bits per heavy atom. The van der Waals surface area contributed by atoms with Crippen LogP contribution in [0.2, 0.25) is 0 Å². The Morgan fingerprint density at radius 1 is 1.13 bits per heavy atom. The standard InChI is InChI=1S/C16H24N4O3/c1-12-11-15(18-13(2)17-12)23-14-3-5-19(6-4-14)16(21)20-7-9-22-10-8-20/h11,14H,3-10H2,1-2H3. The number of aromatic nitrogens is 2. The van der Waals surface area contributed by atoms with E-state index in [2.05, 4.69) is 9.97 Å². The number of carbonyl (C=O) groups is 1. The number of carbonyl (C=O) groups excluding carboxylic acids is 1. The molecule has 0 aromatic carbocycles. The molecule has 7 nitrogen and oxygen atoms in total. The van der Waals surface area contributed by atoms with Gasteiger partial charge >= 0.3 is 6.03 Å². The van der Waals surface area contributed by atoms with Crippen molar-refractivity contribution in [1.29, 1.82) is 0 Å². The normalized spacial score (nSPS) is 19.7. The number of morpholine rings is 1. The van der Waals surface area contributed by atoms with Crippen LogP contribution in [0.25, 0.3) is 0 Å². The van der Waals surface area contributed by atoms with Crippen LogP contribution in [0, 0.1) is 13.8 Å². The number of amides is 2. The highest BCUT2D eigenvalue weighted by molar-refractivity contribution is 5.74. The number of hydrogen-bond acceptors (Lipinski definition) is 5. The quantitative estimate of drug-likeness (QED) is 0.824. The molecule has 0 unspecified atom stereocenters. The summed E-state index contributed by atoms with van der Waals surface area (Å²) in [7, 11) is 0. The fourth-order valence-electron chi connectivity index (χ4n) is 3.03. The zero-order chi connectivity index (χ0) is 16.2. The molecule has 3 heterocycles. The molecule has 0 radical (unpaired) electrons. The molecule has 1 aromatic heterocycles. The Hall–Kier alpha value is -1.89. The minimum absolute atomic E-state index is 0.109. The molecule has 1 aromatic rings. The Bertz CT molecular complexity index is 532. The van der Waals surface area contributed by atoms with Crippen molar-refractivity contribution in [1.82, 2.24) is 19.8 Å². The number of rotatable bonds is 2. The average Bonchev–Trinajstić information content (AvgIpc) is 2.55. The summed E-state index contributed by atoms with van der Waals surface area (Å²) in [6, 6.07) is 1.98. The van der Waals surface area contributed by atoms with E-state index in [-0.39, 0.29) is 12.1 Å². The summed E-state index contributed by atoms with van der Waals surface area (Å²) >= 11 is 0. The van der Waals surface area contributed by atoms with Crippen LogP contribution in [0.5, 0.6) is 5.88 Å². The molecule has 2 saturated heterocycles. The lowest BCUT2D eigenvalue weighted by Crippen LogP contribution is -2.51. The molecule has 23 heavy (non-hydrogen) atoms. The molecule has 0 atom stereocenters. The summed E-state index contributed by atoms with van der Waals surface area (Å²) < 4.78 is 11.3. The predicted molar refractivity (Wildman–Crippen MR) is 84.5 cm³/mol. The largest absolute Gasteiger partial charge is 0.474 e. The van der Waals surface area contributed by atoms with Gasteiger partial charge in [-0.2, -0.15) is 4.98 Å². The van der Waals surface area contributed by atoms with E-state index in [1.807, 2.05) is 29.7 Å². The zero-order valence-corrected chi connectivity index (χ0v) is 13.8. The number of ether oxygens (including phenoxy) is 2. The summed E-state index contributed by atoms with van der Waals surface area (Å²) in [5.74, 6) is 1.35. The first kappa shape index (κ1) is 16.0. The van der Waals surface area contributed by atoms with Crippen LogP contribution in [0.1, 0.15) is 24.4 Å². The molecule has 0 N–H and O–H groups in total. The molecule has 0 bridgehead atoms. The van der Waals surface area contributed by atoms with Gasteiger partial charge in [0.25, 0.3) is 0 Å². The van der Waals surface area contributed by atoms with Crippen molar-refractivity contribution in [3.63, 3.8) is 0 Å². The molecule has 0 saturated carbocycles. The average molecular weight is 320 g/mol. The maximum atomic E-state index is 12.4. The number of aryl methyl sites for hydroxylation is 2. The fraction of sp³-hybridized carbons (Fsp3) is 0.688. The minimum Gasteiger partial charge on any atom is -0.474 e. The molecule has 0 spiro atoms. The van der Waals surface area contributed by atoms with Crippen LogP contribution in [-0.2, 0) is 4.74 Å². The Labute approximate surface area is 136 Å². The van der Waals surface area contributed by atoms with Crippen molar-refractivity contribution >= 4 is 6.03 Å². The van der Waals surface area contributed by atoms with Gasteiger partial charge in [-0.1, -0.05) is 0 Å². The summed E-state index contributed by atoms with van der Waals surface area (Å²) in [6.07, 6.45) is 1.77. The first-order chi connectivity index (χ1) is 11.1. The van der Waals surface area contributed by atoms with Gasteiger partial charge in [0.15, 0.2) is 0 Å². The van der Waals surface area contributed by atoms with Crippen LogP contribution < -0.4 is 4.74 Å². The van der Waals surface area contributed by atoms with E-state index in [0.717, 1.165) is 37.4 Å². The third-order valence-corrected chi connectivity index (χ3v) is 4.22. The lowest BCUT2D eigenvalue weighted by Gasteiger charge is -2.36. The fourth-order valence-corrected chi connectivity index (χ4v) is 3.03. The second kappa shape index (κ2) is 7.12. The van der Waals surface area contributed by atoms with Gasteiger partial charge in [-0.3, -0.25) is 0 Å². The van der Waals surface area contributed by atoms with Crippen LogP contribution in [0.15, 0.2) is 6.07 Å². The van der Waals surface area contributed by atoms with E-state index < -0.39 is 0 Å². The highest BCUT2D eigenvalue weighted by Crippen LogP contribution is 2.19. The SMILES string of the molecule is Cc1cc(OC2CCN(C(=O)N3CCOCC3)CC2)nc(C)n1. The predicted octanol–water partition coefficient (Wildman–Crippen LogP) is 1.39. The number of nitrogens with zero attached hydrogens (tertiary/aromatic N) is 4. The Kier molecular flexibility index (Phi) is 4.95. The van der Waals surface area contributed by atoms with Crippen molar-refractivity contribution < 1.29 is 14.3 Å². The maximum Gasteiger partial charge on any atom is 0.320 e. The zero-order valence-electron chi connectivity index (χ0n) is 13.8. The van der Waals surface area contributed by atoms with Crippen molar-refractivity contribution in [2.75, 3.05) is 39.4 Å². The van der Waals surface area contributed by atoms with E-state index in [4.69, 9.17) is 9.47 Å². The van der Waals surface area contributed by atoms with Crippen LogP contribution in [-0.4, -0.2) is 71.3 Å². The van der Waals surface area contributed by atoms with Gasteiger partial charge < -0.3 is 19.3 Å². The Balaban J connectivity index is 1.50. The van der Waals surface area contributed by atoms with Crippen molar-refractivity contribution in [3.05, 3.63) is 17.6 Å². The smallest absolute Gasteiger partial charge is 0.320 e. The van der Waals surface area contributed by atoms with Gasteiger partial charge in [-0.15, -0.1) is 0 Å². The van der Waals surface area contributed by atoms with Gasteiger partial charge in [0.2, 0.25) is 5.88 Å². The van der Waals surface area contributed by atoms with Crippen LogP contribution in [0.3, 0.4) is 0 Å². The monoisotopic (exact) mass is 320 g/mol. The second-order valence-corrected chi connectivity index (χ2v) is 6.08. The van der Waals surface area contributed by atoms with Gasteiger partial charge in [0.05, 0.1) is 13.2 Å². The van der Waals surface area contributed by atoms with E-state index in [0.29, 0.717) is 32.2 Å². The van der Waals surface area contributed by atoms with E-state index in [1.54, 1.807) is 0 Å². The third kappa shape index (κ3) is 4.10. The first-order valence-electron chi connectivity index (χ1n) is 8.22. The van der Waals surface area contributed by atoms with E-state index in [1.165, 1.54) is 0 Å². The summed E-state index contributed by atoms with van der Waals surface area (Å²) in [5.41, 5.74) is 0.910. The lowest BCUT2D eigenvalue weighted by molar-refractivity contribution is 0.0357. The van der Waals surface area contributed by atoms with Crippen molar-refractivity contribution in [2.45, 2.75) is 32.8 Å². The molecular weight excluding hydrogens is 296 g/mol. The van der Waals surface area contributed by atoms with Gasteiger partial charge in [-0.25, -0.2) is 9.78 Å². The van der Waals surface area contributed by atoms with Crippen molar-refractivity contribution in [3.8, 4) is 5.88 Å². The first-order valence-corrected chi connectivity index (χ1v) is 8.22. The summed E-state index contributed by atoms with van der Waals surface area (Å²) in [4.78, 5) is 24.8. The molecule has 3 rings (SSSR count). The molecule has 2 aliphatic heterocycles. The van der Waals surface area contributed by atoms with E-state index >= 15 is 0 Å². The van der Waals surface area contributed by atoms with Crippen LogP contribution >= 0.6 is 0 Å². The lowest BCUT2D eigenvalue weighted by atomic mass is 10.1.